The third kappa shape index (κ3) is 3.57. The van der Waals surface area contributed by atoms with Gasteiger partial charge in [-0.05, 0) is 23.3 Å². The number of benzene rings is 2. The molecule has 0 aliphatic rings. The number of halogens is 2. The van der Waals surface area contributed by atoms with E-state index < -0.39 is 6.10 Å². The fourth-order valence-corrected chi connectivity index (χ4v) is 2.25. The van der Waals surface area contributed by atoms with E-state index in [1.54, 1.807) is 42.5 Å². The molecule has 0 radical (unpaired) electrons. The molecule has 0 aliphatic heterocycles. The van der Waals surface area contributed by atoms with Crippen molar-refractivity contribution >= 4 is 29.0 Å². The van der Waals surface area contributed by atoms with Crippen molar-refractivity contribution in [3.05, 3.63) is 69.7 Å². The van der Waals surface area contributed by atoms with Gasteiger partial charge in [0.25, 0.3) is 0 Å². The topological polar surface area (TPSA) is 37.3 Å². The second-order valence-electron chi connectivity index (χ2n) is 4.19. The summed E-state index contributed by atoms with van der Waals surface area (Å²) in [4.78, 5) is 12.0. The molecular weight excluding hydrogens is 283 g/mol. The van der Waals surface area contributed by atoms with Gasteiger partial charge in [0.15, 0.2) is 5.78 Å². The Morgan fingerprint density at radius 2 is 1.79 bits per heavy atom. The highest BCUT2D eigenvalue weighted by Gasteiger charge is 2.18. The van der Waals surface area contributed by atoms with Gasteiger partial charge >= 0.3 is 0 Å². The lowest BCUT2D eigenvalue weighted by Crippen LogP contribution is -2.14. The lowest BCUT2D eigenvalue weighted by Gasteiger charge is -2.10. The molecule has 2 rings (SSSR count). The predicted molar refractivity (Wildman–Crippen MR) is 76.6 cm³/mol. The Kier molecular flexibility index (Phi) is 4.59. The van der Waals surface area contributed by atoms with E-state index in [1.807, 2.05) is 6.07 Å². The highest BCUT2D eigenvalue weighted by atomic mass is 35.5. The summed E-state index contributed by atoms with van der Waals surface area (Å²) in [5, 5.41) is 10.9. The van der Waals surface area contributed by atoms with Crippen LogP contribution in [-0.4, -0.2) is 10.9 Å². The van der Waals surface area contributed by atoms with E-state index in [4.69, 9.17) is 23.2 Å². The number of hydrogen-bond acceptors (Lipinski definition) is 2. The zero-order chi connectivity index (χ0) is 13.8. The van der Waals surface area contributed by atoms with Gasteiger partial charge in [0.05, 0.1) is 0 Å². The number of carbonyl (C=O) groups excluding carboxylic acids is 1. The molecule has 0 aliphatic carbocycles. The minimum atomic E-state index is -1.13. The van der Waals surface area contributed by atoms with Crippen molar-refractivity contribution in [3.8, 4) is 0 Å². The largest absolute Gasteiger partial charge is 0.381 e. The normalized spacial score (nSPS) is 12.2. The van der Waals surface area contributed by atoms with E-state index >= 15 is 0 Å². The van der Waals surface area contributed by atoms with Crippen molar-refractivity contribution in [2.24, 2.45) is 0 Å². The van der Waals surface area contributed by atoms with Gasteiger partial charge in [-0.25, -0.2) is 0 Å². The first-order chi connectivity index (χ1) is 9.08. The van der Waals surface area contributed by atoms with Crippen molar-refractivity contribution in [1.82, 2.24) is 0 Å². The maximum atomic E-state index is 12.0. The van der Waals surface area contributed by atoms with Crippen molar-refractivity contribution in [2.75, 3.05) is 0 Å². The molecule has 1 atom stereocenters. The monoisotopic (exact) mass is 294 g/mol. The summed E-state index contributed by atoms with van der Waals surface area (Å²) in [6, 6.07) is 13.8. The molecular formula is C15H12Cl2O2. The van der Waals surface area contributed by atoms with Gasteiger partial charge in [-0.1, -0.05) is 59.6 Å². The highest BCUT2D eigenvalue weighted by molar-refractivity contribution is 6.35. The van der Waals surface area contributed by atoms with Crippen LogP contribution in [0.2, 0.25) is 10.0 Å². The Morgan fingerprint density at radius 3 is 2.42 bits per heavy atom. The van der Waals surface area contributed by atoms with Crippen LogP contribution < -0.4 is 0 Å². The third-order valence-corrected chi connectivity index (χ3v) is 3.39. The molecule has 0 saturated carbocycles. The van der Waals surface area contributed by atoms with Gasteiger partial charge in [-0.2, -0.15) is 0 Å². The molecule has 0 fully saturated rings. The molecule has 0 spiro atoms. The molecule has 4 heteroatoms. The lowest BCUT2D eigenvalue weighted by atomic mass is 10.00. The van der Waals surface area contributed by atoms with Crippen LogP contribution in [-0.2, 0) is 11.2 Å². The second-order valence-corrected chi connectivity index (χ2v) is 5.04. The first kappa shape index (κ1) is 14.1. The molecule has 1 unspecified atom stereocenters. The number of Topliss-reactive ketones (excluding diaryl/α,β-unsaturated/α-hetero) is 1. The minimum absolute atomic E-state index is 0.0755. The van der Waals surface area contributed by atoms with Gasteiger partial charge in [0.1, 0.15) is 6.10 Å². The molecule has 0 heterocycles. The Balaban J connectivity index is 2.13. The third-order valence-electron chi connectivity index (χ3n) is 2.80. The zero-order valence-corrected chi connectivity index (χ0v) is 11.5. The van der Waals surface area contributed by atoms with Crippen molar-refractivity contribution < 1.29 is 9.90 Å². The molecule has 0 bridgehead atoms. The molecule has 2 aromatic carbocycles. The van der Waals surface area contributed by atoms with E-state index in [0.29, 0.717) is 21.2 Å². The van der Waals surface area contributed by atoms with E-state index in [0.717, 1.165) is 0 Å². The van der Waals surface area contributed by atoms with Crippen LogP contribution in [0.25, 0.3) is 0 Å². The van der Waals surface area contributed by atoms with Gasteiger partial charge in [-0.3, -0.25) is 4.79 Å². The number of rotatable bonds is 4. The molecule has 0 aromatic heterocycles. The Morgan fingerprint density at radius 1 is 1.11 bits per heavy atom. The van der Waals surface area contributed by atoms with Gasteiger partial charge in [0.2, 0.25) is 0 Å². The predicted octanol–water partition coefficient (Wildman–Crippen LogP) is 3.84. The van der Waals surface area contributed by atoms with E-state index in [-0.39, 0.29) is 12.2 Å². The average Bonchev–Trinajstić information content (AvgIpc) is 2.42. The fraction of sp³-hybridized carbons (Fsp3) is 0.133. The van der Waals surface area contributed by atoms with Crippen LogP contribution in [0.5, 0.6) is 0 Å². The maximum absolute atomic E-state index is 12.0. The van der Waals surface area contributed by atoms with Crippen LogP contribution in [0.4, 0.5) is 0 Å². The Bertz CT molecular complexity index is 582. The molecule has 0 amide bonds. The smallest absolute Gasteiger partial charge is 0.170 e. The number of aliphatic hydroxyl groups excluding tert-OH is 1. The standard InChI is InChI=1S/C15H12Cl2O2/c16-12-7-6-11(13(17)9-12)8-14(18)15(19)10-4-2-1-3-5-10/h1-7,9,15,19H,8H2. The average molecular weight is 295 g/mol. The fourth-order valence-electron chi connectivity index (χ4n) is 1.77. The van der Waals surface area contributed by atoms with E-state index in [9.17, 15) is 9.90 Å². The summed E-state index contributed by atoms with van der Waals surface area (Å²) in [5.74, 6) is -0.296. The zero-order valence-electron chi connectivity index (χ0n) is 10.0. The minimum Gasteiger partial charge on any atom is -0.381 e. The Hall–Kier alpha value is -1.35. The number of aliphatic hydroxyl groups is 1. The summed E-state index contributed by atoms with van der Waals surface area (Å²) < 4.78 is 0. The first-order valence-corrected chi connectivity index (χ1v) is 6.53. The second kappa shape index (κ2) is 6.20. The van der Waals surface area contributed by atoms with Crippen LogP contribution in [0.3, 0.4) is 0 Å². The highest BCUT2D eigenvalue weighted by Crippen LogP contribution is 2.23. The molecule has 0 saturated heterocycles. The number of hydrogen-bond donors (Lipinski definition) is 1. The van der Waals surface area contributed by atoms with Gasteiger partial charge in [0, 0.05) is 16.5 Å². The summed E-state index contributed by atoms with van der Waals surface area (Å²) in [7, 11) is 0. The summed E-state index contributed by atoms with van der Waals surface area (Å²) in [6.45, 7) is 0. The molecule has 98 valence electrons. The molecule has 19 heavy (non-hydrogen) atoms. The Labute approximate surface area is 121 Å². The molecule has 2 nitrogen and oxygen atoms in total. The van der Waals surface area contributed by atoms with E-state index in [2.05, 4.69) is 0 Å². The number of carbonyl (C=O) groups is 1. The van der Waals surface area contributed by atoms with E-state index in [1.165, 1.54) is 0 Å². The summed E-state index contributed by atoms with van der Waals surface area (Å²) >= 11 is 11.8. The lowest BCUT2D eigenvalue weighted by molar-refractivity contribution is -0.126. The van der Waals surface area contributed by atoms with Crippen LogP contribution in [0.1, 0.15) is 17.2 Å². The molecule has 2 aromatic rings. The molecule has 1 N–H and O–H groups in total. The van der Waals surface area contributed by atoms with Gasteiger partial charge in [-0.15, -0.1) is 0 Å². The summed E-state index contributed by atoms with van der Waals surface area (Å²) in [5.41, 5.74) is 1.24. The van der Waals surface area contributed by atoms with Crippen molar-refractivity contribution in [2.45, 2.75) is 12.5 Å². The van der Waals surface area contributed by atoms with Crippen LogP contribution in [0.15, 0.2) is 48.5 Å². The van der Waals surface area contributed by atoms with Gasteiger partial charge < -0.3 is 5.11 Å². The maximum Gasteiger partial charge on any atom is 0.170 e. The quantitative estimate of drug-likeness (QED) is 0.930. The summed E-state index contributed by atoms with van der Waals surface area (Å²) in [6.07, 6.45) is -1.06. The van der Waals surface area contributed by atoms with Crippen molar-refractivity contribution in [1.29, 1.82) is 0 Å². The number of ketones is 1. The van der Waals surface area contributed by atoms with Crippen molar-refractivity contribution in [3.63, 3.8) is 0 Å². The first-order valence-electron chi connectivity index (χ1n) is 5.77. The van der Waals surface area contributed by atoms with Crippen LogP contribution in [0, 0.1) is 0 Å². The van der Waals surface area contributed by atoms with Crippen LogP contribution >= 0.6 is 23.2 Å². The SMILES string of the molecule is O=C(Cc1ccc(Cl)cc1Cl)C(O)c1ccccc1.